The number of carboxylic acid groups (broad SMARTS) is 1. The van der Waals surface area contributed by atoms with Crippen molar-refractivity contribution in [3.8, 4) is 0 Å². The first-order valence-corrected chi connectivity index (χ1v) is 5.55. The van der Waals surface area contributed by atoms with Crippen molar-refractivity contribution in [3.63, 3.8) is 0 Å². The molecule has 0 spiro atoms. The first-order chi connectivity index (χ1) is 7.49. The smallest absolute Gasteiger partial charge is 0.104 e. The van der Waals surface area contributed by atoms with Crippen molar-refractivity contribution < 1.29 is 14.4 Å². The molecule has 1 aromatic carbocycles. The number of benzene rings is 1. The van der Waals surface area contributed by atoms with E-state index in [1.54, 1.807) is 0 Å². The number of aliphatic carboxylic acids is 1. The van der Waals surface area contributed by atoms with Gasteiger partial charge in [-0.3, -0.25) is 0 Å². The van der Waals surface area contributed by atoms with Crippen LogP contribution in [0.5, 0.6) is 0 Å². The Morgan fingerprint density at radius 2 is 1.88 bits per heavy atom. The molecule has 0 aliphatic rings. The predicted molar refractivity (Wildman–Crippen MR) is 61.4 cm³/mol. The maximum atomic E-state index is 10.3. The number of hydrogen-bond donors (Lipinski definition) is 0. The molecular formula is C13H19NO2. The van der Waals surface area contributed by atoms with E-state index in [0.717, 1.165) is 17.6 Å². The molecule has 0 bridgehead atoms. The van der Waals surface area contributed by atoms with Crippen LogP contribution >= 0.6 is 0 Å². The van der Waals surface area contributed by atoms with Gasteiger partial charge in [-0.2, -0.15) is 0 Å². The maximum Gasteiger partial charge on any atom is 0.104 e. The van der Waals surface area contributed by atoms with E-state index >= 15 is 0 Å². The van der Waals surface area contributed by atoms with E-state index < -0.39 is 5.97 Å². The zero-order chi connectivity index (χ0) is 12.0. The highest BCUT2D eigenvalue weighted by atomic mass is 16.4. The molecule has 0 saturated heterocycles. The second-order valence-corrected chi connectivity index (χ2v) is 4.78. The third-order valence-corrected chi connectivity index (χ3v) is 2.60. The molecular weight excluding hydrogens is 202 g/mol. The van der Waals surface area contributed by atoms with Gasteiger partial charge in [0.15, 0.2) is 0 Å². The first kappa shape index (κ1) is 12.7. The number of carboxylic acids is 1. The molecule has 0 N–H and O–H groups in total. The van der Waals surface area contributed by atoms with Crippen LogP contribution in [0, 0.1) is 0 Å². The van der Waals surface area contributed by atoms with Crippen LogP contribution in [0.2, 0.25) is 0 Å². The molecule has 0 radical (unpaired) electrons. The molecule has 0 saturated carbocycles. The maximum absolute atomic E-state index is 10.3. The summed E-state index contributed by atoms with van der Waals surface area (Å²) >= 11 is 0. The predicted octanol–water partition coefficient (Wildman–Crippen LogP) is 0.793. The lowest BCUT2D eigenvalue weighted by molar-refractivity contribution is -0.903. The number of carbonyl (C=O) groups excluding carboxylic acids is 1. The number of nitrogens with zero attached hydrogens (tertiary/aromatic N) is 1. The number of quaternary nitrogens is 1. The zero-order valence-corrected chi connectivity index (χ0v) is 9.98. The van der Waals surface area contributed by atoms with E-state index in [2.05, 4.69) is 26.2 Å². The van der Waals surface area contributed by atoms with Gasteiger partial charge in [0, 0.05) is 18.0 Å². The van der Waals surface area contributed by atoms with Crippen molar-refractivity contribution >= 4 is 5.97 Å². The summed E-state index contributed by atoms with van der Waals surface area (Å²) in [5.74, 6) is -0.959. The molecule has 0 atom stereocenters. The fourth-order valence-electron chi connectivity index (χ4n) is 1.81. The van der Waals surface area contributed by atoms with Gasteiger partial charge in [0.25, 0.3) is 0 Å². The van der Waals surface area contributed by atoms with E-state index in [9.17, 15) is 9.90 Å². The summed E-state index contributed by atoms with van der Waals surface area (Å²) in [4.78, 5) is 10.3. The summed E-state index contributed by atoms with van der Waals surface area (Å²) in [7, 11) is 4.23. The van der Waals surface area contributed by atoms with Gasteiger partial charge in [0.1, 0.15) is 6.54 Å². The van der Waals surface area contributed by atoms with Crippen LogP contribution < -0.4 is 5.11 Å². The van der Waals surface area contributed by atoms with Crippen LogP contribution in [-0.4, -0.2) is 31.1 Å². The minimum atomic E-state index is -0.959. The molecule has 1 aromatic rings. The Kier molecular flexibility index (Phi) is 4.50. The van der Waals surface area contributed by atoms with Crippen molar-refractivity contribution in [2.75, 3.05) is 20.6 Å². The Labute approximate surface area is 96.9 Å². The molecule has 16 heavy (non-hydrogen) atoms. The van der Waals surface area contributed by atoms with Gasteiger partial charge in [0.2, 0.25) is 0 Å². The van der Waals surface area contributed by atoms with Gasteiger partial charge in [-0.25, -0.2) is 0 Å². The van der Waals surface area contributed by atoms with E-state index in [4.69, 9.17) is 0 Å². The van der Waals surface area contributed by atoms with Gasteiger partial charge in [-0.1, -0.05) is 30.3 Å². The van der Waals surface area contributed by atoms with Crippen LogP contribution in [0.25, 0.3) is 0 Å². The molecule has 88 valence electrons. The van der Waals surface area contributed by atoms with Crippen molar-refractivity contribution in [3.05, 3.63) is 35.9 Å². The van der Waals surface area contributed by atoms with Crippen LogP contribution in [0.1, 0.15) is 18.4 Å². The molecule has 0 aliphatic heterocycles. The number of carbonyl (C=O) groups is 1. The second-order valence-electron chi connectivity index (χ2n) is 4.78. The molecule has 1 rings (SSSR count). The largest absolute Gasteiger partial charge is 0.550 e. The summed E-state index contributed by atoms with van der Waals surface area (Å²) < 4.78 is 0.803. The van der Waals surface area contributed by atoms with Crippen molar-refractivity contribution in [1.82, 2.24) is 0 Å². The monoisotopic (exact) mass is 221 g/mol. The molecule has 3 nitrogen and oxygen atoms in total. The molecule has 0 heterocycles. The Morgan fingerprint density at radius 1 is 1.25 bits per heavy atom. The van der Waals surface area contributed by atoms with Crippen molar-refractivity contribution in [2.45, 2.75) is 19.4 Å². The van der Waals surface area contributed by atoms with Gasteiger partial charge in [-0.15, -0.1) is 0 Å². The van der Waals surface area contributed by atoms with Crippen molar-refractivity contribution in [1.29, 1.82) is 0 Å². The van der Waals surface area contributed by atoms with Gasteiger partial charge >= 0.3 is 0 Å². The van der Waals surface area contributed by atoms with E-state index in [0.29, 0.717) is 6.42 Å². The molecule has 0 fully saturated rings. The fourth-order valence-corrected chi connectivity index (χ4v) is 1.81. The quantitative estimate of drug-likeness (QED) is 0.666. The SMILES string of the molecule is C[N+](C)(CCCC(=O)[O-])Cc1ccccc1. The van der Waals surface area contributed by atoms with Gasteiger partial charge in [-0.05, 0) is 6.42 Å². The van der Waals surface area contributed by atoms with E-state index in [-0.39, 0.29) is 6.42 Å². The van der Waals surface area contributed by atoms with Gasteiger partial charge in [0.05, 0.1) is 20.6 Å². The first-order valence-electron chi connectivity index (χ1n) is 5.55. The Balaban J connectivity index is 2.42. The van der Waals surface area contributed by atoms with Gasteiger partial charge < -0.3 is 14.4 Å². The summed E-state index contributed by atoms with van der Waals surface area (Å²) in [6.45, 7) is 1.77. The molecule has 0 aromatic heterocycles. The lowest BCUT2D eigenvalue weighted by Crippen LogP contribution is -2.40. The van der Waals surface area contributed by atoms with E-state index in [1.165, 1.54) is 5.56 Å². The molecule has 0 amide bonds. The molecule has 0 unspecified atom stereocenters. The minimum absolute atomic E-state index is 0.149. The fraction of sp³-hybridized carbons (Fsp3) is 0.462. The third-order valence-electron chi connectivity index (χ3n) is 2.60. The average Bonchev–Trinajstić information content (AvgIpc) is 2.17. The van der Waals surface area contributed by atoms with Crippen LogP contribution in [-0.2, 0) is 11.3 Å². The lowest BCUT2D eigenvalue weighted by atomic mass is 10.2. The van der Waals surface area contributed by atoms with Crippen LogP contribution in [0.4, 0.5) is 0 Å². The average molecular weight is 221 g/mol. The standard InChI is InChI=1S/C13H19NO2/c1-14(2,10-6-9-13(15)16)11-12-7-4-3-5-8-12/h3-5,7-8H,6,9-11H2,1-2H3. The highest BCUT2D eigenvalue weighted by molar-refractivity contribution is 5.64. The summed E-state index contributed by atoms with van der Waals surface area (Å²) in [5, 5.41) is 10.3. The van der Waals surface area contributed by atoms with E-state index in [1.807, 2.05) is 18.2 Å². The summed E-state index contributed by atoms with van der Waals surface area (Å²) in [6, 6.07) is 10.2. The highest BCUT2D eigenvalue weighted by Crippen LogP contribution is 2.10. The summed E-state index contributed by atoms with van der Waals surface area (Å²) in [6.07, 6.45) is 0.818. The third kappa shape index (κ3) is 4.94. The van der Waals surface area contributed by atoms with Crippen LogP contribution in [0.3, 0.4) is 0 Å². The summed E-state index contributed by atoms with van der Waals surface area (Å²) in [5.41, 5.74) is 1.28. The second kappa shape index (κ2) is 5.66. The minimum Gasteiger partial charge on any atom is -0.550 e. The molecule has 0 aliphatic carbocycles. The number of hydrogen-bond acceptors (Lipinski definition) is 2. The molecule has 3 heteroatoms. The lowest BCUT2D eigenvalue weighted by Gasteiger charge is -2.30. The normalized spacial score (nSPS) is 11.4. The van der Waals surface area contributed by atoms with Crippen molar-refractivity contribution in [2.24, 2.45) is 0 Å². The Morgan fingerprint density at radius 3 is 2.44 bits per heavy atom. The Bertz CT molecular complexity index is 333. The topological polar surface area (TPSA) is 40.1 Å². The Hall–Kier alpha value is -1.35. The highest BCUT2D eigenvalue weighted by Gasteiger charge is 2.14. The zero-order valence-electron chi connectivity index (χ0n) is 9.98. The number of rotatable bonds is 6. The van der Waals surface area contributed by atoms with Crippen LogP contribution in [0.15, 0.2) is 30.3 Å².